The van der Waals surface area contributed by atoms with Crippen molar-refractivity contribution in [3.8, 4) is 0 Å². The Labute approximate surface area is 206 Å². The number of aromatic nitrogens is 2. The number of hydrogen-bond donors (Lipinski definition) is 2. The minimum Gasteiger partial charge on any atom is -0.367 e. The van der Waals surface area contributed by atoms with E-state index in [4.69, 9.17) is 9.97 Å². The molecule has 2 aliphatic heterocycles. The molecule has 184 valence electrons. The smallest absolute Gasteiger partial charge is 0.228 e. The molecule has 0 unspecified atom stereocenters. The highest BCUT2D eigenvalue weighted by Gasteiger charge is 2.44. The maximum atomic E-state index is 12.9. The van der Waals surface area contributed by atoms with Crippen LogP contribution in [-0.4, -0.2) is 73.8 Å². The lowest BCUT2D eigenvalue weighted by Crippen LogP contribution is -2.71. The molecule has 2 aromatic carbocycles. The highest BCUT2D eigenvalue weighted by Crippen LogP contribution is 2.31. The van der Waals surface area contributed by atoms with Crippen molar-refractivity contribution < 1.29 is 8.42 Å². The van der Waals surface area contributed by atoms with Gasteiger partial charge in [0.2, 0.25) is 5.95 Å². The number of rotatable bonds is 6. The van der Waals surface area contributed by atoms with Gasteiger partial charge in [-0.15, -0.1) is 0 Å². The van der Waals surface area contributed by atoms with Crippen molar-refractivity contribution in [3.63, 3.8) is 0 Å². The first-order chi connectivity index (χ1) is 16.8. The quantitative estimate of drug-likeness (QED) is 0.543. The Hall–Kier alpha value is -2.75. The van der Waals surface area contributed by atoms with Crippen LogP contribution in [0, 0.1) is 6.92 Å². The van der Waals surface area contributed by atoms with E-state index in [1.54, 1.807) is 12.1 Å². The molecule has 1 saturated heterocycles. The lowest BCUT2D eigenvalue weighted by molar-refractivity contribution is 0.0740. The van der Waals surface area contributed by atoms with Gasteiger partial charge in [0, 0.05) is 44.2 Å². The lowest BCUT2D eigenvalue weighted by Gasteiger charge is -2.49. The van der Waals surface area contributed by atoms with E-state index in [1.165, 1.54) is 12.8 Å². The summed E-state index contributed by atoms with van der Waals surface area (Å²) in [6.07, 6.45) is 2.51. The van der Waals surface area contributed by atoms with E-state index < -0.39 is 9.84 Å². The van der Waals surface area contributed by atoms with Crippen molar-refractivity contribution in [3.05, 3.63) is 53.6 Å². The minimum atomic E-state index is -3.34. The Morgan fingerprint density at radius 2 is 1.91 bits per heavy atom. The van der Waals surface area contributed by atoms with Crippen molar-refractivity contribution in [2.75, 3.05) is 49.2 Å². The first kappa shape index (κ1) is 22.7. The molecule has 3 heterocycles. The Balaban J connectivity index is 1.34. The monoisotopic (exact) mass is 492 g/mol. The molecule has 0 amide bonds. The topological polar surface area (TPSA) is 90.5 Å². The molecule has 6 rings (SSSR count). The molecule has 9 heteroatoms. The Kier molecular flexibility index (Phi) is 5.47. The standard InChI is InChI=1S/C26H32N6O2S/c1-18-7-10-22-21(13-18)24(27-15-26(16-31(2)17-26)30-20-8-9-20)29-25(28-22)32-11-12-35(33,34)23-6-4-3-5-19(23)14-32/h3-7,10,13,20,30H,8-9,11-12,14-17H2,1-2H3,(H,27,28,29). The molecule has 35 heavy (non-hydrogen) atoms. The summed E-state index contributed by atoms with van der Waals surface area (Å²) < 4.78 is 25.7. The third kappa shape index (κ3) is 4.48. The molecule has 1 aromatic heterocycles. The Morgan fingerprint density at radius 3 is 2.69 bits per heavy atom. The van der Waals surface area contributed by atoms with Gasteiger partial charge in [-0.25, -0.2) is 13.4 Å². The van der Waals surface area contributed by atoms with E-state index in [9.17, 15) is 8.42 Å². The molecule has 0 atom stereocenters. The average molecular weight is 493 g/mol. The van der Waals surface area contributed by atoms with Gasteiger partial charge >= 0.3 is 0 Å². The summed E-state index contributed by atoms with van der Waals surface area (Å²) in [6, 6.07) is 14.1. The van der Waals surface area contributed by atoms with Crippen molar-refractivity contribution in [2.45, 2.75) is 42.8 Å². The zero-order valence-electron chi connectivity index (χ0n) is 20.3. The molecule has 0 bridgehead atoms. The van der Waals surface area contributed by atoms with E-state index in [1.807, 2.05) is 23.1 Å². The van der Waals surface area contributed by atoms with Gasteiger partial charge in [-0.05, 0) is 50.6 Å². The van der Waals surface area contributed by atoms with Gasteiger partial charge in [-0.1, -0.05) is 29.8 Å². The molecular formula is C26H32N6O2S. The number of sulfone groups is 1. The van der Waals surface area contributed by atoms with E-state index >= 15 is 0 Å². The fourth-order valence-corrected chi connectivity index (χ4v) is 6.89. The highest BCUT2D eigenvalue weighted by atomic mass is 32.2. The Morgan fingerprint density at radius 1 is 1.11 bits per heavy atom. The number of nitrogens with one attached hydrogen (secondary N) is 2. The number of hydrogen-bond acceptors (Lipinski definition) is 8. The van der Waals surface area contributed by atoms with E-state index in [0.29, 0.717) is 30.0 Å². The molecule has 1 saturated carbocycles. The number of fused-ring (bicyclic) bond motifs is 2. The van der Waals surface area contributed by atoms with Crippen LogP contribution in [-0.2, 0) is 16.4 Å². The van der Waals surface area contributed by atoms with Gasteiger partial charge in [-0.3, -0.25) is 0 Å². The summed E-state index contributed by atoms with van der Waals surface area (Å²) in [5.74, 6) is 1.41. The SMILES string of the molecule is Cc1ccc2nc(N3CCS(=O)(=O)c4ccccc4C3)nc(NCC3(NC4CC4)CN(C)C3)c2c1. The van der Waals surface area contributed by atoms with Crippen LogP contribution in [0.3, 0.4) is 0 Å². The van der Waals surface area contributed by atoms with Crippen molar-refractivity contribution in [1.82, 2.24) is 20.2 Å². The van der Waals surface area contributed by atoms with Crippen LogP contribution in [0.15, 0.2) is 47.4 Å². The van der Waals surface area contributed by atoms with Crippen molar-refractivity contribution >= 4 is 32.5 Å². The van der Waals surface area contributed by atoms with Gasteiger partial charge in [0.05, 0.1) is 21.7 Å². The van der Waals surface area contributed by atoms with E-state index in [0.717, 1.165) is 47.5 Å². The third-order valence-corrected chi connectivity index (χ3v) is 9.04. The van der Waals surface area contributed by atoms with Crippen molar-refractivity contribution in [1.29, 1.82) is 0 Å². The van der Waals surface area contributed by atoms with Crippen LogP contribution in [0.25, 0.3) is 10.9 Å². The van der Waals surface area contributed by atoms with E-state index in [2.05, 4.69) is 41.6 Å². The fraction of sp³-hybridized carbons (Fsp3) is 0.462. The normalized spacial score (nSPS) is 21.3. The maximum absolute atomic E-state index is 12.9. The molecule has 2 N–H and O–H groups in total. The first-order valence-corrected chi connectivity index (χ1v) is 14.0. The second-order valence-corrected chi connectivity index (χ2v) is 12.5. The van der Waals surface area contributed by atoms with Crippen LogP contribution >= 0.6 is 0 Å². The average Bonchev–Trinajstić information content (AvgIpc) is 3.64. The van der Waals surface area contributed by atoms with Gasteiger partial charge in [0.1, 0.15) is 5.82 Å². The number of likely N-dealkylation sites (tertiary alicyclic amines) is 1. The molecule has 0 spiro atoms. The summed E-state index contributed by atoms with van der Waals surface area (Å²) >= 11 is 0. The lowest BCUT2D eigenvalue weighted by atomic mass is 9.90. The number of likely N-dealkylation sites (N-methyl/N-ethyl adjacent to an activating group) is 1. The summed E-state index contributed by atoms with van der Waals surface area (Å²) in [5.41, 5.74) is 2.85. The van der Waals surface area contributed by atoms with Crippen LogP contribution in [0.4, 0.5) is 11.8 Å². The van der Waals surface area contributed by atoms with Gasteiger partial charge in [0.15, 0.2) is 9.84 Å². The second kappa shape index (κ2) is 8.43. The number of nitrogens with zero attached hydrogens (tertiary/aromatic N) is 4. The zero-order chi connectivity index (χ0) is 24.2. The predicted octanol–water partition coefficient (Wildman–Crippen LogP) is 2.58. The highest BCUT2D eigenvalue weighted by molar-refractivity contribution is 7.91. The summed E-state index contributed by atoms with van der Waals surface area (Å²) in [7, 11) is -1.19. The summed E-state index contributed by atoms with van der Waals surface area (Å²) in [6.45, 7) is 5.68. The van der Waals surface area contributed by atoms with Gasteiger partial charge in [0.25, 0.3) is 0 Å². The molecule has 1 aliphatic carbocycles. The molecule has 8 nitrogen and oxygen atoms in total. The molecule has 3 aromatic rings. The van der Waals surface area contributed by atoms with Crippen LogP contribution in [0.1, 0.15) is 24.0 Å². The second-order valence-electron chi connectivity index (χ2n) is 10.5. The van der Waals surface area contributed by atoms with Gasteiger partial charge in [-0.2, -0.15) is 4.98 Å². The molecule has 3 aliphatic rings. The third-order valence-electron chi connectivity index (χ3n) is 7.25. The summed E-state index contributed by atoms with van der Waals surface area (Å²) in [5, 5.41) is 8.49. The van der Waals surface area contributed by atoms with E-state index in [-0.39, 0.29) is 11.3 Å². The van der Waals surface area contributed by atoms with Crippen LogP contribution in [0.5, 0.6) is 0 Å². The number of benzene rings is 2. The minimum absolute atomic E-state index is 0.0445. The van der Waals surface area contributed by atoms with Crippen LogP contribution < -0.4 is 15.5 Å². The van der Waals surface area contributed by atoms with Crippen LogP contribution in [0.2, 0.25) is 0 Å². The maximum Gasteiger partial charge on any atom is 0.228 e. The first-order valence-electron chi connectivity index (χ1n) is 12.3. The predicted molar refractivity (Wildman–Crippen MR) is 139 cm³/mol. The number of anilines is 2. The Bertz CT molecular complexity index is 1380. The summed E-state index contributed by atoms with van der Waals surface area (Å²) in [4.78, 5) is 14.6. The molecule has 0 radical (unpaired) electrons. The molecular weight excluding hydrogens is 460 g/mol. The molecule has 2 fully saturated rings. The van der Waals surface area contributed by atoms with Crippen molar-refractivity contribution in [2.24, 2.45) is 0 Å². The fourth-order valence-electron chi connectivity index (χ4n) is 5.39. The number of aryl methyl sites for hydroxylation is 1. The zero-order valence-corrected chi connectivity index (χ0v) is 21.1. The van der Waals surface area contributed by atoms with Gasteiger partial charge < -0.3 is 20.4 Å². The largest absolute Gasteiger partial charge is 0.367 e.